The number of aromatic nitrogens is 1. The Labute approximate surface area is 139 Å². The van der Waals surface area contributed by atoms with Crippen LogP contribution < -0.4 is 0 Å². The van der Waals surface area contributed by atoms with Gasteiger partial charge in [0.2, 0.25) is 5.88 Å². The van der Waals surface area contributed by atoms with Crippen LogP contribution in [0.5, 0.6) is 5.88 Å². The van der Waals surface area contributed by atoms with Crippen molar-refractivity contribution in [3.63, 3.8) is 0 Å². The van der Waals surface area contributed by atoms with Gasteiger partial charge in [-0.05, 0) is 29.7 Å². The van der Waals surface area contributed by atoms with E-state index in [1.165, 1.54) is 24.3 Å². The first-order valence-electron chi connectivity index (χ1n) is 6.89. The van der Waals surface area contributed by atoms with Crippen LogP contribution >= 0.6 is 11.8 Å². The van der Waals surface area contributed by atoms with Crippen LogP contribution in [0.2, 0.25) is 0 Å². The molecule has 0 amide bonds. The van der Waals surface area contributed by atoms with E-state index >= 15 is 0 Å². The molecule has 7 heteroatoms. The zero-order chi connectivity index (χ0) is 17.3. The Morgan fingerprint density at radius 2 is 1.79 bits per heavy atom. The third-order valence-electron chi connectivity index (χ3n) is 3.51. The van der Waals surface area contributed by atoms with Gasteiger partial charge < -0.3 is 10.5 Å². The maximum Gasteiger partial charge on any atom is 0.221 e. The lowest BCUT2D eigenvalue weighted by molar-refractivity contribution is 0.449. The number of benzene rings is 2. The number of hydrogen-bond donors (Lipinski definition) is 2. The fourth-order valence-electron chi connectivity index (χ4n) is 2.33. The molecule has 0 spiro atoms. The normalized spacial score (nSPS) is 11.0. The number of halogens is 3. The van der Waals surface area contributed by atoms with E-state index in [9.17, 15) is 18.3 Å². The van der Waals surface area contributed by atoms with Gasteiger partial charge in [-0.1, -0.05) is 12.1 Å². The first-order chi connectivity index (χ1) is 11.5. The number of rotatable bonds is 4. The highest BCUT2D eigenvalue weighted by molar-refractivity contribution is 7.98. The van der Waals surface area contributed by atoms with Gasteiger partial charge in [0.15, 0.2) is 0 Å². The monoisotopic (exact) mass is 348 g/mol. The number of thioether (sulfide) groups is 1. The van der Waals surface area contributed by atoms with Crippen LogP contribution in [0.4, 0.5) is 13.2 Å². The van der Waals surface area contributed by atoms with Crippen molar-refractivity contribution < 1.29 is 18.3 Å². The Morgan fingerprint density at radius 3 is 2.46 bits per heavy atom. The molecule has 0 aliphatic heterocycles. The minimum atomic E-state index is -0.682. The molecular formula is C17H11F3N2OS. The molecule has 122 valence electrons. The Bertz CT molecular complexity index is 927. The molecule has 0 bridgehead atoms. The van der Waals surface area contributed by atoms with Crippen LogP contribution in [0.1, 0.15) is 11.1 Å². The maximum absolute atomic E-state index is 13.7. The van der Waals surface area contributed by atoms with Crippen molar-refractivity contribution in [3.8, 4) is 5.88 Å². The molecule has 0 radical (unpaired) electrons. The quantitative estimate of drug-likeness (QED) is 0.533. The fraction of sp³-hybridized carbons (Fsp3) is 0.0588. The molecular weight excluding hydrogens is 337 g/mol. The van der Waals surface area contributed by atoms with E-state index < -0.39 is 17.5 Å². The highest BCUT2D eigenvalue weighted by atomic mass is 32.2. The van der Waals surface area contributed by atoms with Crippen molar-refractivity contribution >= 4 is 28.7 Å². The van der Waals surface area contributed by atoms with Gasteiger partial charge in [0.1, 0.15) is 22.5 Å². The van der Waals surface area contributed by atoms with Crippen molar-refractivity contribution in [1.82, 2.24) is 4.98 Å². The summed E-state index contributed by atoms with van der Waals surface area (Å²) in [5.74, 6) is -2.33. The molecule has 3 rings (SSSR count). The van der Waals surface area contributed by atoms with Gasteiger partial charge >= 0.3 is 0 Å². The number of aromatic hydroxyl groups is 1. The Kier molecular flexibility index (Phi) is 4.44. The molecule has 0 aliphatic carbocycles. The molecule has 0 saturated carbocycles. The number of nitrogens with one attached hydrogen (secondary N) is 1. The van der Waals surface area contributed by atoms with Gasteiger partial charge in [-0.2, -0.15) is 0 Å². The van der Waals surface area contributed by atoms with Gasteiger partial charge in [0.05, 0.1) is 5.56 Å². The predicted molar refractivity (Wildman–Crippen MR) is 87.2 cm³/mol. The summed E-state index contributed by atoms with van der Waals surface area (Å²) < 4.78 is 41.0. The van der Waals surface area contributed by atoms with Gasteiger partial charge in [0.25, 0.3) is 0 Å². The van der Waals surface area contributed by atoms with E-state index in [1.54, 1.807) is 0 Å². The summed E-state index contributed by atoms with van der Waals surface area (Å²) >= 11 is 0.981. The summed E-state index contributed by atoms with van der Waals surface area (Å²) in [6.45, 7) is 0. The average Bonchev–Trinajstić information content (AvgIpc) is 2.54. The summed E-state index contributed by atoms with van der Waals surface area (Å²) in [6.07, 6.45) is 0.924. The molecule has 24 heavy (non-hydrogen) atoms. The number of nitrogens with zero attached hydrogens (tertiary/aromatic N) is 1. The smallest absolute Gasteiger partial charge is 0.221 e. The summed E-state index contributed by atoms with van der Waals surface area (Å²) in [6, 6.07) is 7.43. The second kappa shape index (κ2) is 6.52. The molecule has 0 fully saturated rings. The molecule has 2 N–H and O–H groups in total. The molecule has 0 atom stereocenters. The molecule has 0 aliphatic rings. The number of pyridine rings is 1. The van der Waals surface area contributed by atoms with Gasteiger partial charge in [-0.3, -0.25) is 0 Å². The van der Waals surface area contributed by atoms with Gasteiger partial charge in [-0.25, -0.2) is 18.2 Å². The lowest BCUT2D eigenvalue weighted by Gasteiger charge is -2.10. The second-order valence-electron chi connectivity index (χ2n) is 4.98. The highest BCUT2D eigenvalue weighted by Crippen LogP contribution is 2.34. The second-order valence-corrected chi connectivity index (χ2v) is 5.94. The first kappa shape index (κ1) is 16.3. The summed E-state index contributed by atoms with van der Waals surface area (Å²) in [5, 5.41) is 18.3. The van der Waals surface area contributed by atoms with Crippen LogP contribution in [-0.2, 0) is 5.75 Å². The van der Waals surface area contributed by atoms with Crippen molar-refractivity contribution in [1.29, 1.82) is 5.41 Å². The van der Waals surface area contributed by atoms with E-state index in [4.69, 9.17) is 5.41 Å². The molecule has 2 aromatic carbocycles. The van der Waals surface area contributed by atoms with Crippen molar-refractivity contribution in [2.24, 2.45) is 0 Å². The molecule has 3 nitrogen and oxygen atoms in total. The van der Waals surface area contributed by atoms with Crippen LogP contribution in [-0.4, -0.2) is 16.3 Å². The lowest BCUT2D eigenvalue weighted by atomic mass is 10.1. The number of hydrogen-bond acceptors (Lipinski definition) is 4. The number of fused-ring (bicyclic) bond motifs is 1. The minimum Gasteiger partial charge on any atom is -0.493 e. The molecule has 1 aromatic heterocycles. The topological polar surface area (TPSA) is 57.0 Å². The SMILES string of the molecule is N=Cc1c(O)nc(SCc2c(F)cccc2F)c2cc(F)ccc12. The zero-order valence-corrected chi connectivity index (χ0v) is 13.0. The summed E-state index contributed by atoms with van der Waals surface area (Å²) in [4.78, 5) is 3.94. The van der Waals surface area contributed by atoms with Crippen LogP contribution in [0, 0.1) is 22.9 Å². The van der Waals surface area contributed by atoms with Crippen LogP contribution in [0.15, 0.2) is 41.4 Å². The third-order valence-corrected chi connectivity index (χ3v) is 4.53. The minimum absolute atomic E-state index is 0.0690. The Morgan fingerprint density at radius 1 is 1.08 bits per heavy atom. The average molecular weight is 348 g/mol. The molecule has 0 saturated heterocycles. The Balaban J connectivity index is 2.06. The zero-order valence-electron chi connectivity index (χ0n) is 12.2. The summed E-state index contributed by atoms with van der Waals surface area (Å²) in [7, 11) is 0. The van der Waals surface area contributed by atoms with E-state index in [1.807, 2.05) is 0 Å². The largest absolute Gasteiger partial charge is 0.493 e. The van der Waals surface area contributed by atoms with Gasteiger partial charge in [-0.15, -0.1) is 11.8 Å². The van der Waals surface area contributed by atoms with E-state index in [2.05, 4.69) is 4.98 Å². The van der Waals surface area contributed by atoms with E-state index in [-0.39, 0.29) is 27.8 Å². The Hall–Kier alpha value is -2.54. The summed E-state index contributed by atoms with van der Waals surface area (Å²) in [5.41, 5.74) is 0.0379. The highest BCUT2D eigenvalue weighted by Gasteiger charge is 2.15. The molecule has 1 heterocycles. The van der Waals surface area contributed by atoms with Crippen molar-refractivity contribution in [3.05, 3.63) is 65.0 Å². The standard InChI is InChI=1S/C17H11F3N2OS/c18-9-4-5-10-11(6-9)17(22-16(23)12(10)7-21)24-8-13-14(19)2-1-3-15(13)20/h1-7,21H,8H2,(H,22,23). The first-order valence-corrected chi connectivity index (χ1v) is 7.88. The van der Waals surface area contributed by atoms with Crippen LogP contribution in [0.3, 0.4) is 0 Å². The van der Waals surface area contributed by atoms with Crippen molar-refractivity contribution in [2.45, 2.75) is 10.8 Å². The third kappa shape index (κ3) is 2.94. The van der Waals surface area contributed by atoms with Crippen molar-refractivity contribution in [2.75, 3.05) is 0 Å². The predicted octanol–water partition coefficient (Wildman–Crippen LogP) is 4.65. The fourth-order valence-corrected chi connectivity index (χ4v) is 3.36. The lowest BCUT2D eigenvalue weighted by Crippen LogP contribution is -1.96. The van der Waals surface area contributed by atoms with Gasteiger partial charge in [0, 0.05) is 22.9 Å². The molecule has 3 aromatic rings. The van der Waals surface area contributed by atoms with E-state index in [0.29, 0.717) is 10.8 Å². The maximum atomic E-state index is 13.7. The molecule has 0 unspecified atom stereocenters. The van der Waals surface area contributed by atoms with E-state index in [0.717, 1.165) is 30.1 Å². The van der Waals surface area contributed by atoms with Crippen LogP contribution in [0.25, 0.3) is 10.8 Å².